The van der Waals surface area contributed by atoms with Crippen LogP contribution in [-0.4, -0.2) is 18.7 Å². The molecule has 0 unspecified atom stereocenters. The van der Waals surface area contributed by atoms with Gasteiger partial charge in [0.1, 0.15) is 5.75 Å². The lowest BCUT2D eigenvalue weighted by Gasteiger charge is -2.38. The van der Waals surface area contributed by atoms with Crippen molar-refractivity contribution in [3.63, 3.8) is 0 Å². The summed E-state index contributed by atoms with van der Waals surface area (Å²) >= 11 is 0. The van der Waals surface area contributed by atoms with Gasteiger partial charge in [-0.1, -0.05) is 126 Å². The van der Waals surface area contributed by atoms with Crippen LogP contribution in [0.25, 0.3) is 0 Å². The summed E-state index contributed by atoms with van der Waals surface area (Å²) in [4.78, 5) is 9.41. The van der Waals surface area contributed by atoms with Crippen LogP contribution in [0, 0.1) is 6.92 Å². The molecule has 0 spiro atoms. The molecule has 51 heavy (non-hydrogen) atoms. The minimum Gasteiger partial charge on any atom is -0.439 e. The van der Waals surface area contributed by atoms with Gasteiger partial charge in [-0.2, -0.15) is 0 Å². The third-order valence-corrected chi connectivity index (χ3v) is 10.2. The van der Waals surface area contributed by atoms with Gasteiger partial charge in [0, 0.05) is 25.0 Å². The van der Waals surface area contributed by atoms with Crippen molar-refractivity contribution >= 4 is 17.1 Å². The Morgan fingerprint density at radius 2 is 1.18 bits per heavy atom. The third kappa shape index (κ3) is 6.52. The molecule has 0 saturated heterocycles. The first kappa shape index (κ1) is 34.1. The highest BCUT2D eigenvalue weighted by Crippen LogP contribution is 2.49. The van der Waals surface area contributed by atoms with Crippen LogP contribution in [-0.2, 0) is 16.2 Å². The molecule has 0 bridgehead atoms. The second-order valence-electron chi connectivity index (χ2n) is 16.0. The molecule has 1 aliphatic heterocycles. The molecule has 5 aromatic carbocycles. The molecule has 7 rings (SSSR count). The first-order valence-electron chi connectivity index (χ1n) is 18.0. The van der Waals surface area contributed by atoms with E-state index in [-0.39, 0.29) is 10.8 Å². The fourth-order valence-electron chi connectivity index (χ4n) is 7.39. The van der Waals surface area contributed by atoms with Crippen LogP contribution in [0.4, 0.5) is 17.1 Å². The first-order chi connectivity index (χ1) is 24.3. The SMILES string of the molecule is Cc1ccc2c(c1)N(C)CN2c1cc(C(C)(C)C)cc(C(c2ccccc2)(c2ccccc2)c2cccc(Oc3cc(C(C)(C)C)ccn3)c2)c1. The van der Waals surface area contributed by atoms with Gasteiger partial charge in [0.25, 0.3) is 0 Å². The normalized spacial score (nSPS) is 13.3. The van der Waals surface area contributed by atoms with Gasteiger partial charge in [-0.3, -0.25) is 0 Å². The van der Waals surface area contributed by atoms with Gasteiger partial charge < -0.3 is 14.5 Å². The maximum Gasteiger partial charge on any atom is 0.219 e. The van der Waals surface area contributed by atoms with Gasteiger partial charge in [-0.25, -0.2) is 4.98 Å². The zero-order valence-corrected chi connectivity index (χ0v) is 31.2. The Balaban J connectivity index is 1.49. The van der Waals surface area contributed by atoms with Crippen molar-refractivity contribution in [3.8, 4) is 11.6 Å². The first-order valence-corrected chi connectivity index (χ1v) is 18.0. The Kier molecular flexibility index (Phi) is 8.75. The third-order valence-electron chi connectivity index (χ3n) is 10.2. The molecule has 0 saturated carbocycles. The summed E-state index contributed by atoms with van der Waals surface area (Å²) < 4.78 is 6.58. The van der Waals surface area contributed by atoms with Crippen LogP contribution in [0.1, 0.15) is 80.5 Å². The van der Waals surface area contributed by atoms with Crippen LogP contribution in [0.3, 0.4) is 0 Å². The van der Waals surface area contributed by atoms with E-state index >= 15 is 0 Å². The molecule has 0 amide bonds. The van der Waals surface area contributed by atoms with E-state index < -0.39 is 5.41 Å². The van der Waals surface area contributed by atoms with Crippen molar-refractivity contribution in [3.05, 3.63) is 179 Å². The highest BCUT2D eigenvalue weighted by atomic mass is 16.5. The Labute approximate surface area is 304 Å². The number of pyridine rings is 1. The van der Waals surface area contributed by atoms with Crippen molar-refractivity contribution in [2.24, 2.45) is 0 Å². The van der Waals surface area contributed by atoms with Gasteiger partial charge in [0.05, 0.1) is 23.5 Å². The second-order valence-corrected chi connectivity index (χ2v) is 16.0. The van der Waals surface area contributed by atoms with E-state index in [1.54, 1.807) is 0 Å². The maximum atomic E-state index is 6.58. The molecule has 4 nitrogen and oxygen atoms in total. The van der Waals surface area contributed by atoms with Gasteiger partial charge >= 0.3 is 0 Å². The highest BCUT2D eigenvalue weighted by Gasteiger charge is 2.40. The predicted octanol–water partition coefficient (Wildman–Crippen LogP) is 11.7. The summed E-state index contributed by atoms with van der Waals surface area (Å²) in [5.41, 5.74) is 11.3. The van der Waals surface area contributed by atoms with E-state index in [1.165, 1.54) is 50.4 Å². The van der Waals surface area contributed by atoms with E-state index in [9.17, 15) is 0 Å². The van der Waals surface area contributed by atoms with Crippen LogP contribution < -0.4 is 14.5 Å². The van der Waals surface area contributed by atoms with Crippen LogP contribution in [0.2, 0.25) is 0 Å². The second kappa shape index (κ2) is 13.1. The van der Waals surface area contributed by atoms with E-state index in [4.69, 9.17) is 4.74 Å². The van der Waals surface area contributed by atoms with Gasteiger partial charge in [-0.05, 0) is 99.2 Å². The minimum absolute atomic E-state index is 0.0159. The summed E-state index contributed by atoms with van der Waals surface area (Å²) in [5, 5.41) is 0. The van der Waals surface area contributed by atoms with Gasteiger partial charge in [0.2, 0.25) is 5.88 Å². The number of anilines is 3. The number of hydrogen-bond acceptors (Lipinski definition) is 4. The molecule has 258 valence electrons. The summed E-state index contributed by atoms with van der Waals surface area (Å²) in [7, 11) is 2.18. The van der Waals surface area contributed by atoms with Gasteiger partial charge in [-0.15, -0.1) is 0 Å². The fraction of sp³-hybridized carbons (Fsp3) is 0.255. The number of nitrogens with zero attached hydrogens (tertiary/aromatic N) is 3. The topological polar surface area (TPSA) is 28.6 Å². The number of rotatable bonds is 7. The fourth-order valence-corrected chi connectivity index (χ4v) is 7.39. The number of ether oxygens (including phenoxy) is 1. The maximum absolute atomic E-state index is 6.58. The monoisotopic (exact) mass is 671 g/mol. The number of benzene rings is 5. The Hall–Kier alpha value is -5.35. The molecular weight excluding hydrogens is 623 g/mol. The van der Waals surface area contributed by atoms with E-state index in [0.717, 1.165) is 18.0 Å². The smallest absolute Gasteiger partial charge is 0.219 e. The molecule has 1 aliphatic rings. The largest absolute Gasteiger partial charge is 0.439 e. The standard InChI is InChI=1S/C47H49N3O/c1-33-22-23-42-43(26-33)49(8)32-50(42)40-28-38(46(5,6)7)27-39(29-40)47(34-16-11-9-12-17-34,35-18-13-10-14-19-35)37-20-15-21-41(30-37)51-44-31-36(24-25-48-44)45(2,3)4/h9-31H,32H2,1-8H3. The van der Waals surface area contributed by atoms with E-state index in [1.807, 2.05) is 12.3 Å². The Morgan fingerprint density at radius 1 is 0.549 bits per heavy atom. The van der Waals surface area contributed by atoms with Gasteiger partial charge in [0.15, 0.2) is 0 Å². The summed E-state index contributed by atoms with van der Waals surface area (Å²) in [6.45, 7) is 16.5. The molecule has 6 aromatic rings. The molecule has 0 fully saturated rings. The molecule has 0 aliphatic carbocycles. The predicted molar refractivity (Wildman–Crippen MR) is 213 cm³/mol. The highest BCUT2D eigenvalue weighted by molar-refractivity contribution is 5.83. The molecule has 2 heterocycles. The number of fused-ring (bicyclic) bond motifs is 1. The van der Waals surface area contributed by atoms with E-state index in [0.29, 0.717) is 5.88 Å². The molecule has 0 radical (unpaired) electrons. The van der Waals surface area contributed by atoms with Crippen molar-refractivity contribution in [2.75, 3.05) is 23.5 Å². The van der Waals surface area contributed by atoms with E-state index in [2.05, 4.69) is 198 Å². The average molecular weight is 672 g/mol. The van der Waals surface area contributed by atoms with Crippen LogP contribution >= 0.6 is 0 Å². The minimum atomic E-state index is -0.666. The zero-order valence-electron chi connectivity index (χ0n) is 31.2. The lowest BCUT2D eigenvalue weighted by Crippen LogP contribution is -2.32. The molecule has 1 aromatic heterocycles. The summed E-state index contributed by atoms with van der Waals surface area (Å²) in [6, 6.07) is 48.6. The van der Waals surface area contributed by atoms with Crippen LogP contribution in [0.5, 0.6) is 11.6 Å². The molecule has 0 N–H and O–H groups in total. The quantitative estimate of drug-likeness (QED) is 0.158. The molecule has 4 heteroatoms. The van der Waals surface area contributed by atoms with Crippen molar-refractivity contribution in [1.82, 2.24) is 4.98 Å². The lowest BCUT2D eigenvalue weighted by molar-refractivity contribution is 0.457. The Morgan fingerprint density at radius 3 is 1.82 bits per heavy atom. The summed E-state index contributed by atoms with van der Waals surface area (Å²) in [5.74, 6) is 1.34. The number of aromatic nitrogens is 1. The van der Waals surface area contributed by atoms with Crippen molar-refractivity contribution in [1.29, 1.82) is 0 Å². The average Bonchev–Trinajstić information content (AvgIpc) is 3.44. The number of aryl methyl sites for hydroxylation is 1. The number of hydrogen-bond donors (Lipinski definition) is 0. The molecular formula is C47H49N3O. The molecule has 0 atom stereocenters. The van der Waals surface area contributed by atoms with Crippen molar-refractivity contribution < 1.29 is 4.74 Å². The zero-order chi connectivity index (χ0) is 36.0. The summed E-state index contributed by atoms with van der Waals surface area (Å²) in [6.07, 6.45) is 1.84. The Bertz CT molecular complexity index is 2120. The van der Waals surface area contributed by atoms with Crippen molar-refractivity contribution in [2.45, 2.75) is 64.7 Å². The van der Waals surface area contributed by atoms with Crippen LogP contribution in [0.15, 0.2) is 140 Å². The lowest BCUT2D eigenvalue weighted by atomic mass is 9.64.